The predicted octanol–water partition coefficient (Wildman–Crippen LogP) is 3.53. The number of hydrogen-bond donors (Lipinski definition) is 0. The topological polar surface area (TPSA) is 65.0 Å². The van der Waals surface area contributed by atoms with Gasteiger partial charge in [-0.3, -0.25) is 4.79 Å². The summed E-state index contributed by atoms with van der Waals surface area (Å²) in [7, 11) is 2.15. The minimum atomic E-state index is -0.195. The minimum Gasteiger partial charge on any atom is -0.462 e. The molecule has 0 N–H and O–H groups in total. The summed E-state index contributed by atoms with van der Waals surface area (Å²) in [4.78, 5) is 31.0. The Morgan fingerprint density at radius 3 is 2.59 bits per heavy atom. The Labute approximate surface area is 224 Å². The SMILES string of the molecule is C=C(Cl)C(=O)N1CCN(c2nc(OC[C@@H]3CCCN3C)nc3c2CCN(c2cccc(C)c2C)C3)CC1. The maximum absolute atomic E-state index is 12.3. The van der Waals surface area contributed by atoms with E-state index in [9.17, 15) is 4.79 Å². The van der Waals surface area contributed by atoms with Crippen molar-refractivity contribution in [3.8, 4) is 6.01 Å². The molecule has 4 heterocycles. The van der Waals surface area contributed by atoms with Gasteiger partial charge in [-0.1, -0.05) is 30.3 Å². The first-order chi connectivity index (χ1) is 17.8. The first kappa shape index (κ1) is 25.8. The van der Waals surface area contributed by atoms with E-state index in [1.54, 1.807) is 4.90 Å². The average Bonchev–Trinajstić information content (AvgIpc) is 3.32. The van der Waals surface area contributed by atoms with Crippen molar-refractivity contribution in [2.45, 2.75) is 45.7 Å². The standard InChI is InChI=1S/C28H37ClN6O2/c1-19-7-5-9-25(20(19)2)35-12-10-23-24(17-35)30-28(37-18-22-8-6-11-32(22)4)31-26(23)33-13-15-34(16-14-33)27(36)21(3)29/h5,7,9,22H,3,6,8,10-18H2,1-2,4H3/t22-/m0/s1. The molecule has 198 valence electrons. The first-order valence-corrected chi connectivity index (χ1v) is 13.6. The Bertz CT molecular complexity index is 1180. The Morgan fingerprint density at radius 2 is 1.89 bits per heavy atom. The number of nitrogens with zero attached hydrogens (tertiary/aromatic N) is 6. The van der Waals surface area contributed by atoms with Crippen LogP contribution < -0.4 is 14.5 Å². The lowest BCUT2D eigenvalue weighted by Gasteiger charge is -2.38. The molecule has 1 aromatic carbocycles. The molecule has 2 fully saturated rings. The molecule has 2 aromatic rings. The lowest BCUT2D eigenvalue weighted by atomic mass is 10.0. The molecule has 3 aliphatic heterocycles. The summed E-state index contributed by atoms with van der Waals surface area (Å²) >= 11 is 5.87. The van der Waals surface area contributed by atoms with Crippen LogP contribution in [0.2, 0.25) is 0 Å². The highest BCUT2D eigenvalue weighted by atomic mass is 35.5. The number of piperazine rings is 1. The van der Waals surface area contributed by atoms with Crippen LogP contribution in [0.5, 0.6) is 6.01 Å². The number of hydrogen-bond acceptors (Lipinski definition) is 7. The van der Waals surface area contributed by atoms with Gasteiger partial charge in [0.25, 0.3) is 5.91 Å². The maximum Gasteiger partial charge on any atom is 0.318 e. The second kappa shape index (κ2) is 10.9. The van der Waals surface area contributed by atoms with Crippen molar-refractivity contribution in [3.63, 3.8) is 0 Å². The van der Waals surface area contributed by atoms with E-state index in [1.807, 2.05) is 0 Å². The van der Waals surface area contributed by atoms with E-state index in [-0.39, 0.29) is 10.9 Å². The molecule has 1 aromatic heterocycles. The van der Waals surface area contributed by atoms with Crippen LogP contribution in [-0.4, -0.2) is 84.6 Å². The van der Waals surface area contributed by atoms with Gasteiger partial charge in [-0.2, -0.15) is 9.97 Å². The fourth-order valence-electron chi connectivity index (χ4n) is 5.65. The molecule has 0 bridgehead atoms. The monoisotopic (exact) mass is 524 g/mol. The zero-order valence-electron chi connectivity index (χ0n) is 22.2. The number of amides is 1. The number of anilines is 2. The van der Waals surface area contributed by atoms with Crippen molar-refractivity contribution >= 4 is 29.0 Å². The number of fused-ring (bicyclic) bond motifs is 1. The molecule has 2 saturated heterocycles. The van der Waals surface area contributed by atoms with Crippen LogP contribution in [0.15, 0.2) is 29.8 Å². The molecule has 9 heteroatoms. The van der Waals surface area contributed by atoms with E-state index in [1.165, 1.54) is 28.8 Å². The van der Waals surface area contributed by atoms with E-state index in [2.05, 4.69) is 60.4 Å². The first-order valence-electron chi connectivity index (χ1n) is 13.2. The van der Waals surface area contributed by atoms with Crippen molar-refractivity contribution in [1.82, 2.24) is 19.8 Å². The van der Waals surface area contributed by atoms with E-state index >= 15 is 0 Å². The van der Waals surface area contributed by atoms with Crippen LogP contribution in [0.25, 0.3) is 0 Å². The number of likely N-dealkylation sites (N-methyl/N-ethyl adjacent to an activating group) is 1. The van der Waals surface area contributed by atoms with Crippen LogP contribution in [0, 0.1) is 13.8 Å². The number of likely N-dealkylation sites (tertiary alicyclic amines) is 1. The Balaban J connectivity index is 1.41. The minimum absolute atomic E-state index is 0.0620. The number of rotatable bonds is 6. The summed E-state index contributed by atoms with van der Waals surface area (Å²) in [6.45, 7) is 13.8. The molecule has 0 aliphatic carbocycles. The van der Waals surface area contributed by atoms with Gasteiger partial charge in [0.1, 0.15) is 12.4 Å². The number of carbonyl (C=O) groups is 1. The molecule has 0 unspecified atom stereocenters. The molecule has 1 atom stereocenters. The molecular formula is C28H37ClN6O2. The van der Waals surface area contributed by atoms with Crippen LogP contribution in [-0.2, 0) is 17.8 Å². The van der Waals surface area contributed by atoms with Crippen LogP contribution in [0.3, 0.4) is 0 Å². The van der Waals surface area contributed by atoms with Crippen molar-refractivity contribution in [1.29, 1.82) is 0 Å². The summed E-state index contributed by atoms with van der Waals surface area (Å²) in [5, 5.41) is 0.0620. The molecule has 1 amide bonds. The molecule has 3 aliphatic rings. The normalized spacial score (nSPS) is 20.2. The van der Waals surface area contributed by atoms with E-state index in [4.69, 9.17) is 26.3 Å². The molecule has 8 nitrogen and oxygen atoms in total. The number of benzene rings is 1. The number of ether oxygens (including phenoxy) is 1. The van der Waals surface area contributed by atoms with Gasteiger partial charge >= 0.3 is 6.01 Å². The fourth-order valence-corrected chi connectivity index (χ4v) is 5.77. The second-order valence-electron chi connectivity index (χ2n) is 10.4. The van der Waals surface area contributed by atoms with E-state index in [0.29, 0.717) is 44.8 Å². The van der Waals surface area contributed by atoms with Gasteiger partial charge in [-0.25, -0.2) is 0 Å². The maximum atomic E-state index is 12.3. The Kier molecular flexibility index (Phi) is 7.58. The number of carbonyl (C=O) groups excluding carboxylic acids is 1. The number of halogens is 1. The van der Waals surface area contributed by atoms with Crippen molar-refractivity contribution in [3.05, 3.63) is 52.2 Å². The molecule has 0 spiro atoms. The Morgan fingerprint density at radius 1 is 1.11 bits per heavy atom. The third-order valence-electron chi connectivity index (χ3n) is 8.11. The van der Waals surface area contributed by atoms with Gasteiger partial charge in [-0.05, 0) is 63.9 Å². The highest BCUT2D eigenvalue weighted by Gasteiger charge is 2.30. The zero-order valence-corrected chi connectivity index (χ0v) is 22.9. The number of aromatic nitrogens is 2. The fraction of sp³-hybridized carbons (Fsp3) is 0.536. The molecule has 0 radical (unpaired) electrons. The average molecular weight is 525 g/mol. The summed E-state index contributed by atoms with van der Waals surface area (Å²) in [6.07, 6.45) is 3.20. The molecular weight excluding hydrogens is 488 g/mol. The van der Waals surface area contributed by atoms with Gasteiger partial charge in [0, 0.05) is 50.0 Å². The quantitative estimate of drug-likeness (QED) is 0.536. The van der Waals surface area contributed by atoms with Gasteiger partial charge in [0.15, 0.2) is 0 Å². The zero-order chi connectivity index (χ0) is 26.1. The largest absolute Gasteiger partial charge is 0.462 e. The van der Waals surface area contributed by atoms with Crippen molar-refractivity contribution < 1.29 is 9.53 Å². The second-order valence-corrected chi connectivity index (χ2v) is 10.9. The molecule has 37 heavy (non-hydrogen) atoms. The van der Waals surface area contributed by atoms with E-state index in [0.717, 1.165) is 44.0 Å². The summed E-state index contributed by atoms with van der Waals surface area (Å²) < 4.78 is 6.23. The lowest BCUT2D eigenvalue weighted by Crippen LogP contribution is -2.49. The summed E-state index contributed by atoms with van der Waals surface area (Å²) in [5.41, 5.74) is 6.08. The Hall–Kier alpha value is -2.84. The van der Waals surface area contributed by atoms with Crippen molar-refractivity contribution in [2.75, 3.05) is 62.7 Å². The van der Waals surface area contributed by atoms with Gasteiger partial charge in [-0.15, -0.1) is 0 Å². The highest BCUT2D eigenvalue weighted by Crippen LogP contribution is 2.33. The van der Waals surface area contributed by atoms with Gasteiger partial charge in [0.05, 0.1) is 17.3 Å². The predicted molar refractivity (Wildman–Crippen MR) is 148 cm³/mol. The number of aryl methyl sites for hydroxylation is 1. The van der Waals surface area contributed by atoms with Crippen LogP contribution >= 0.6 is 11.6 Å². The summed E-state index contributed by atoms with van der Waals surface area (Å²) in [5.74, 6) is 0.747. The van der Waals surface area contributed by atoms with E-state index < -0.39 is 0 Å². The third-order valence-corrected chi connectivity index (χ3v) is 8.28. The van der Waals surface area contributed by atoms with Gasteiger partial charge < -0.3 is 24.3 Å². The van der Waals surface area contributed by atoms with Gasteiger partial charge in [0.2, 0.25) is 0 Å². The molecule has 5 rings (SSSR count). The highest BCUT2D eigenvalue weighted by molar-refractivity contribution is 6.41. The summed E-state index contributed by atoms with van der Waals surface area (Å²) in [6, 6.07) is 7.33. The van der Waals surface area contributed by atoms with Crippen LogP contribution in [0.1, 0.15) is 35.2 Å². The van der Waals surface area contributed by atoms with Crippen molar-refractivity contribution in [2.24, 2.45) is 0 Å². The smallest absolute Gasteiger partial charge is 0.318 e. The lowest BCUT2D eigenvalue weighted by molar-refractivity contribution is -0.126. The third kappa shape index (κ3) is 5.41. The van der Waals surface area contributed by atoms with Crippen LogP contribution in [0.4, 0.5) is 11.5 Å². The molecule has 0 saturated carbocycles.